The largest absolute Gasteiger partial charge is 0.390 e. The van der Waals surface area contributed by atoms with Crippen molar-refractivity contribution >= 4 is 16.9 Å². The average Bonchev–Trinajstić information content (AvgIpc) is 2.95. The highest BCUT2D eigenvalue weighted by Crippen LogP contribution is 2.39. The summed E-state index contributed by atoms with van der Waals surface area (Å²) < 4.78 is 2.26. The maximum absolute atomic E-state index is 12.5. The average molecular weight is 341 g/mol. The first-order valence-electron chi connectivity index (χ1n) is 9.35. The van der Waals surface area contributed by atoms with Crippen LogP contribution in [0.25, 0.3) is 11.0 Å². The molecule has 4 rings (SSSR count). The van der Waals surface area contributed by atoms with Crippen LogP contribution in [0.1, 0.15) is 38.3 Å². The molecule has 1 saturated carbocycles. The van der Waals surface area contributed by atoms with Crippen molar-refractivity contribution in [1.82, 2.24) is 14.5 Å². The standard InChI is InChI=1S/C20H27N3O2/c1-14-3-4-16-7-10-23(18(16)21-14)13-15-5-8-22(9-6-15)19(24)17-11-20(2,25)12-17/h3-4,7,10,15,17,25H,5-6,8-9,11-13H2,1-2H3. The van der Waals surface area contributed by atoms with Gasteiger partial charge < -0.3 is 14.6 Å². The lowest BCUT2D eigenvalue weighted by Gasteiger charge is -2.43. The van der Waals surface area contributed by atoms with Gasteiger partial charge in [0.1, 0.15) is 5.65 Å². The number of hydrogen-bond donors (Lipinski definition) is 1. The summed E-state index contributed by atoms with van der Waals surface area (Å²) in [5, 5.41) is 11.0. The monoisotopic (exact) mass is 341 g/mol. The molecule has 5 nitrogen and oxygen atoms in total. The van der Waals surface area contributed by atoms with Crippen LogP contribution in [0.15, 0.2) is 24.4 Å². The molecule has 3 heterocycles. The van der Waals surface area contributed by atoms with E-state index < -0.39 is 5.60 Å². The van der Waals surface area contributed by atoms with Crippen molar-refractivity contribution in [1.29, 1.82) is 0 Å². The number of rotatable bonds is 3. The number of pyridine rings is 1. The fourth-order valence-corrected chi connectivity index (χ4v) is 4.35. The number of piperidine rings is 1. The number of hydrogen-bond acceptors (Lipinski definition) is 3. The molecular formula is C20H27N3O2. The number of carbonyl (C=O) groups excluding carboxylic acids is 1. The van der Waals surface area contributed by atoms with Gasteiger partial charge in [0.15, 0.2) is 0 Å². The maximum Gasteiger partial charge on any atom is 0.225 e. The van der Waals surface area contributed by atoms with E-state index in [-0.39, 0.29) is 11.8 Å². The smallest absolute Gasteiger partial charge is 0.225 e. The summed E-state index contributed by atoms with van der Waals surface area (Å²) in [6.45, 7) is 6.50. The van der Waals surface area contributed by atoms with Crippen LogP contribution in [0.3, 0.4) is 0 Å². The zero-order valence-corrected chi connectivity index (χ0v) is 15.1. The van der Waals surface area contributed by atoms with E-state index in [0.717, 1.165) is 43.8 Å². The number of aryl methyl sites for hydroxylation is 1. The molecule has 0 aromatic carbocycles. The Balaban J connectivity index is 1.34. The number of aliphatic hydroxyl groups is 1. The highest BCUT2D eigenvalue weighted by Gasteiger charge is 2.44. The third-order valence-electron chi connectivity index (χ3n) is 5.85. The van der Waals surface area contributed by atoms with Gasteiger partial charge in [-0.15, -0.1) is 0 Å². The molecular weight excluding hydrogens is 314 g/mol. The quantitative estimate of drug-likeness (QED) is 0.934. The number of fused-ring (bicyclic) bond motifs is 1. The van der Waals surface area contributed by atoms with E-state index in [9.17, 15) is 9.90 Å². The van der Waals surface area contributed by atoms with Crippen LogP contribution in [0.2, 0.25) is 0 Å². The molecule has 0 bridgehead atoms. The van der Waals surface area contributed by atoms with Crippen molar-refractivity contribution in [3.63, 3.8) is 0 Å². The maximum atomic E-state index is 12.5. The van der Waals surface area contributed by atoms with Crippen LogP contribution in [0.5, 0.6) is 0 Å². The Morgan fingerprint density at radius 2 is 2.00 bits per heavy atom. The minimum absolute atomic E-state index is 0.0344. The van der Waals surface area contributed by atoms with E-state index in [0.29, 0.717) is 18.8 Å². The predicted molar refractivity (Wildman–Crippen MR) is 97.1 cm³/mol. The molecule has 1 saturated heterocycles. The second-order valence-corrected chi connectivity index (χ2v) is 8.20. The first-order valence-corrected chi connectivity index (χ1v) is 9.35. The second-order valence-electron chi connectivity index (χ2n) is 8.20. The van der Waals surface area contributed by atoms with Crippen LogP contribution in [0, 0.1) is 18.8 Å². The van der Waals surface area contributed by atoms with Crippen molar-refractivity contribution in [3.8, 4) is 0 Å². The molecule has 0 radical (unpaired) electrons. The SMILES string of the molecule is Cc1ccc2ccn(CC3CCN(C(=O)C4CC(C)(O)C4)CC3)c2n1. The summed E-state index contributed by atoms with van der Waals surface area (Å²) in [4.78, 5) is 19.2. The molecule has 1 aliphatic heterocycles. The normalized spacial score (nSPS) is 27.5. The van der Waals surface area contributed by atoms with Gasteiger partial charge in [-0.25, -0.2) is 4.98 Å². The fraction of sp³-hybridized carbons (Fsp3) is 0.600. The summed E-state index contributed by atoms with van der Waals surface area (Å²) in [5.41, 5.74) is 1.48. The van der Waals surface area contributed by atoms with Crippen LogP contribution >= 0.6 is 0 Å². The zero-order valence-electron chi connectivity index (χ0n) is 15.1. The van der Waals surface area contributed by atoms with Gasteiger partial charge in [-0.1, -0.05) is 0 Å². The minimum atomic E-state index is -0.626. The Hall–Kier alpha value is -1.88. The van der Waals surface area contributed by atoms with Crippen molar-refractivity contribution in [2.45, 2.75) is 51.7 Å². The van der Waals surface area contributed by atoms with Gasteiger partial charge in [0.25, 0.3) is 0 Å². The number of likely N-dealkylation sites (tertiary alicyclic amines) is 1. The van der Waals surface area contributed by atoms with E-state index in [1.165, 1.54) is 5.39 Å². The van der Waals surface area contributed by atoms with Crippen molar-refractivity contribution < 1.29 is 9.90 Å². The van der Waals surface area contributed by atoms with E-state index in [1.54, 1.807) is 0 Å². The molecule has 1 amide bonds. The van der Waals surface area contributed by atoms with Crippen LogP contribution < -0.4 is 0 Å². The highest BCUT2D eigenvalue weighted by molar-refractivity contribution is 5.80. The topological polar surface area (TPSA) is 58.4 Å². The van der Waals surface area contributed by atoms with Crippen LogP contribution in [-0.4, -0.2) is 44.2 Å². The molecule has 0 spiro atoms. The third kappa shape index (κ3) is 3.30. The third-order valence-corrected chi connectivity index (χ3v) is 5.85. The molecule has 2 aromatic heterocycles. The van der Waals surface area contributed by atoms with E-state index >= 15 is 0 Å². The van der Waals surface area contributed by atoms with Crippen molar-refractivity contribution in [3.05, 3.63) is 30.1 Å². The van der Waals surface area contributed by atoms with Gasteiger partial charge in [0, 0.05) is 42.8 Å². The molecule has 134 valence electrons. The predicted octanol–water partition coefficient (Wildman–Crippen LogP) is 2.74. The molecule has 1 aliphatic carbocycles. The van der Waals surface area contributed by atoms with Gasteiger partial charge in [0.05, 0.1) is 5.60 Å². The van der Waals surface area contributed by atoms with Crippen LogP contribution in [0.4, 0.5) is 0 Å². The Labute approximate surface area is 148 Å². The molecule has 2 aliphatic rings. The van der Waals surface area contributed by atoms with Gasteiger partial charge in [-0.3, -0.25) is 4.79 Å². The molecule has 25 heavy (non-hydrogen) atoms. The number of nitrogens with zero attached hydrogens (tertiary/aromatic N) is 3. The summed E-state index contributed by atoms with van der Waals surface area (Å²) in [6, 6.07) is 6.31. The Kier molecular flexibility index (Phi) is 4.07. The van der Waals surface area contributed by atoms with Crippen molar-refractivity contribution in [2.24, 2.45) is 11.8 Å². The minimum Gasteiger partial charge on any atom is -0.390 e. The molecule has 5 heteroatoms. The van der Waals surface area contributed by atoms with E-state index in [4.69, 9.17) is 0 Å². The van der Waals surface area contributed by atoms with Gasteiger partial charge in [-0.05, 0) is 63.6 Å². The van der Waals surface area contributed by atoms with Gasteiger partial charge in [-0.2, -0.15) is 0 Å². The van der Waals surface area contributed by atoms with Gasteiger partial charge >= 0.3 is 0 Å². The fourth-order valence-electron chi connectivity index (χ4n) is 4.35. The Morgan fingerprint density at radius 3 is 2.68 bits per heavy atom. The summed E-state index contributed by atoms with van der Waals surface area (Å²) in [7, 11) is 0. The summed E-state index contributed by atoms with van der Waals surface area (Å²) in [5.74, 6) is 0.868. The van der Waals surface area contributed by atoms with E-state index in [2.05, 4.69) is 33.9 Å². The van der Waals surface area contributed by atoms with E-state index in [1.807, 2.05) is 18.7 Å². The highest BCUT2D eigenvalue weighted by atomic mass is 16.3. The molecule has 2 fully saturated rings. The number of aromatic nitrogens is 2. The summed E-state index contributed by atoms with van der Waals surface area (Å²) in [6.07, 6.45) is 5.45. The lowest BCUT2D eigenvalue weighted by atomic mass is 9.71. The zero-order chi connectivity index (χ0) is 17.6. The first kappa shape index (κ1) is 16.6. The Morgan fingerprint density at radius 1 is 1.28 bits per heavy atom. The second kappa shape index (κ2) is 6.13. The number of amides is 1. The van der Waals surface area contributed by atoms with Crippen molar-refractivity contribution in [2.75, 3.05) is 13.1 Å². The molecule has 2 aromatic rings. The van der Waals surface area contributed by atoms with Gasteiger partial charge in [0.2, 0.25) is 5.91 Å². The summed E-state index contributed by atoms with van der Waals surface area (Å²) >= 11 is 0. The Bertz CT molecular complexity index is 779. The number of carbonyl (C=O) groups is 1. The molecule has 1 N–H and O–H groups in total. The first-order chi connectivity index (χ1) is 11.9. The lowest BCUT2D eigenvalue weighted by Crippen LogP contribution is -2.51. The lowest BCUT2D eigenvalue weighted by molar-refractivity contribution is -0.151. The van der Waals surface area contributed by atoms with Crippen LogP contribution in [-0.2, 0) is 11.3 Å². The molecule has 0 atom stereocenters. The molecule has 0 unspecified atom stereocenters.